The summed E-state index contributed by atoms with van der Waals surface area (Å²) in [6.45, 7) is 1.46. The first kappa shape index (κ1) is 16.2. The minimum absolute atomic E-state index is 0.0868. The molecule has 2 rings (SSSR count). The van der Waals surface area contributed by atoms with Gasteiger partial charge in [-0.15, -0.1) is 0 Å². The number of amides is 1. The smallest absolute Gasteiger partial charge is 0.217 e. The molecule has 6 heteroatoms. The van der Waals surface area contributed by atoms with Crippen LogP contribution >= 0.6 is 0 Å². The van der Waals surface area contributed by atoms with Gasteiger partial charge in [0.25, 0.3) is 0 Å². The number of aldehydes is 2. The third-order valence-electron chi connectivity index (χ3n) is 3.45. The van der Waals surface area contributed by atoms with E-state index in [1.54, 1.807) is 12.1 Å². The molecule has 0 saturated carbocycles. The van der Waals surface area contributed by atoms with Gasteiger partial charge in [0.1, 0.15) is 0 Å². The number of carbonyl (C=O) groups excluding carboxylic acids is 3. The topological polar surface area (TPSA) is 104 Å². The molecule has 23 heavy (non-hydrogen) atoms. The van der Waals surface area contributed by atoms with Gasteiger partial charge in [0, 0.05) is 30.2 Å². The van der Waals surface area contributed by atoms with Crippen molar-refractivity contribution in [3.05, 3.63) is 47.0 Å². The zero-order valence-corrected chi connectivity index (χ0v) is 12.4. The van der Waals surface area contributed by atoms with E-state index in [-0.39, 0.29) is 40.6 Å². The molecular weight excluding hydrogens is 298 g/mol. The maximum atomic E-state index is 11.5. The molecule has 0 bridgehead atoms. The molecule has 0 unspecified atom stereocenters. The molecule has 118 valence electrons. The van der Waals surface area contributed by atoms with Crippen molar-refractivity contribution in [2.24, 2.45) is 0 Å². The number of carbonyl (C=O) groups is 3. The van der Waals surface area contributed by atoms with Gasteiger partial charge in [-0.1, -0.05) is 24.3 Å². The Labute approximate surface area is 132 Å². The number of hydrogen-bond acceptors (Lipinski definition) is 5. The summed E-state index contributed by atoms with van der Waals surface area (Å²) in [5, 5.41) is 22.1. The van der Waals surface area contributed by atoms with E-state index in [2.05, 4.69) is 5.32 Å². The lowest BCUT2D eigenvalue weighted by Crippen LogP contribution is -2.20. The Bertz CT molecular complexity index is 783. The first-order chi connectivity index (χ1) is 11.0. The molecule has 6 nitrogen and oxygen atoms in total. The number of nitrogens with one attached hydrogen (secondary N) is 1. The van der Waals surface area contributed by atoms with Gasteiger partial charge >= 0.3 is 0 Å². The Hall–Kier alpha value is -3.15. The fraction of sp³-hybridized carbons (Fsp3) is 0.118. The van der Waals surface area contributed by atoms with Crippen molar-refractivity contribution in [3.63, 3.8) is 0 Å². The molecule has 0 aliphatic rings. The third kappa shape index (κ3) is 3.21. The van der Waals surface area contributed by atoms with Crippen LogP contribution in [0.3, 0.4) is 0 Å². The van der Waals surface area contributed by atoms with E-state index in [0.29, 0.717) is 23.7 Å². The number of hydrogen-bond donors (Lipinski definition) is 3. The second-order valence-corrected chi connectivity index (χ2v) is 4.92. The zero-order valence-electron chi connectivity index (χ0n) is 12.4. The molecule has 3 N–H and O–H groups in total. The Kier molecular flexibility index (Phi) is 4.75. The lowest BCUT2D eigenvalue weighted by molar-refractivity contribution is -0.119. The summed E-state index contributed by atoms with van der Waals surface area (Å²) < 4.78 is 0. The van der Waals surface area contributed by atoms with Crippen molar-refractivity contribution in [2.45, 2.75) is 13.5 Å². The molecule has 1 amide bonds. The van der Waals surface area contributed by atoms with E-state index >= 15 is 0 Å². The number of phenols is 2. The van der Waals surface area contributed by atoms with Gasteiger partial charge in [-0.25, -0.2) is 0 Å². The van der Waals surface area contributed by atoms with Gasteiger partial charge in [0.05, 0.1) is 0 Å². The van der Waals surface area contributed by atoms with E-state index in [4.69, 9.17) is 0 Å². The van der Waals surface area contributed by atoms with Crippen LogP contribution in [0.25, 0.3) is 11.1 Å². The molecular formula is C17H15NO5. The molecule has 0 radical (unpaired) electrons. The summed E-state index contributed by atoms with van der Waals surface area (Å²) in [6, 6.07) is 7.50. The first-order valence-electron chi connectivity index (χ1n) is 6.81. The van der Waals surface area contributed by atoms with Crippen LogP contribution in [-0.2, 0) is 11.3 Å². The van der Waals surface area contributed by atoms with Crippen LogP contribution in [-0.4, -0.2) is 28.7 Å². The third-order valence-corrected chi connectivity index (χ3v) is 3.45. The van der Waals surface area contributed by atoms with Crippen molar-refractivity contribution < 1.29 is 24.6 Å². The summed E-state index contributed by atoms with van der Waals surface area (Å²) >= 11 is 0. The Morgan fingerprint density at radius 2 is 1.74 bits per heavy atom. The summed E-state index contributed by atoms with van der Waals surface area (Å²) in [5.74, 6) is -0.958. The fourth-order valence-corrected chi connectivity index (χ4v) is 2.31. The van der Waals surface area contributed by atoms with Crippen molar-refractivity contribution in [1.82, 2.24) is 5.32 Å². The quantitative estimate of drug-likeness (QED) is 0.579. The average molecular weight is 313 g/mol. The SMILES string of the molecule is CC(=O)NCc1ccc(-c2cccc(O)c2O)c(C=O)c1C=O. The molecule has 0 saturated heterocycles. The van der Waals surface area contributed by atoms with Crippen molar-refractivity contribution in [3.8, 4) is 22.6 Å². The van der Waals surface area contributed by atoms with Crippen LogP contribution in [0.5, 0.6) is 11.5 Å². The van der Waals surface area contributed by atoms with Crippen LogP contribution in [0.15, 0.2) is 30.3 Å². The number of phenolic OH excluding ortho intramolecular Hbond substituents is 2. The molecule has 0 spiro atoms. The lowest BCUT2D eigenvalue weighted by atomic mass is 9.92. The first-order valence-corrected chi connectivity index (χ1v) is 6.81. The largest absolute Gasteiger partial charge is 0.504 e. The van der Waals surface area contributed by atoms with E-state index < -0.39 is 0 Å². The number of benzene rings is 2. The summed E-state index contributed by atoms with van der Waals surface area (Å²) in [7, 11) is 0. The standard InChI is InChI=1S/C17H15NO5/c1-10(21)18-7-11-5-6-12(15(9-20)14(11)8-19)13-3-2-4-16(22)17(13)23/h2-6,8-9,22-23H,7H2,1H3,(H,18,21). The minimum atomic E-state index is -0.373. The number of para-hydroxylation sites is 1. The van der Waals surface area contributed by atoms with E-state index in [0.717, 1.165) is 0 Å². The molecule has 0 aliphatic carbocycles. The van der Waals surface area contributed by atoms with Gasteiger partial charge in [0.2, 0.25) is 5.91 Å². The van der Waals surface area contributed by atoms with Crippen molar-refractivity contribution >= 4 is 18.5 Å². The predicted molar refractivity (Wildman–Crippen MR) is 83.5 cm³/mol. The minimum Gasteiger partial charge on any atom is -0.504 e. The molecule has 0 heterocycles. The van der Waals surface area contributed by atoms with Gasteiger partial charge < -0.3 is 15.5 Å². The molecule has 2 aromatic rings. The second kappa shape index (κ2) is 6.74. The highest BCUT2D eigenvalue weighted by molar-refractivity contribution is 5.99. The van der Waals surface area contributed by atoms with Gasteiger partial charge in [-0.3, -0.25) is 14.4 Å². The monoisotopic (exact) mass is 313 g/mol. The van der Waals surface area contributed by atoms with Crippen molar-refractivity contribution in [2.75, 3.05) is 0 Å². The maximum Gasteiger partial charge on any atom is 0.217 e. The summed E-state index contributed by atoms with van der Waals surface area (Å²) in [5.41, 5.74) is 1.27. The van der Waals surface area contributed by atoms with Gasteiger partial charge in [-0.05, 0) is 17.2 Å². The molecule has 0 atom stereocenters. The highest BCUT2D eigenvalue weighted by Gasteiger charge is 2.17. The Balaban J connectivity index is 2.62. The van der Waals surface area contributed by atoms with E-state index in [9.17, 15) is 24.6 Å². The molecule has 0 fully saturated rings. The normalized spacial score (nSPS) is 10.1. The van der Waals surface area contributed by atoms with Crippen LogP contribution in [0.1, 0.15) is 33.2 Å². The summed E-state index contributed by atoms with van der Waals surface area (Å²) in [6.07, 6.45) is 1.05. The Morgan fingerprint density at radius 1 is 1.04 bits per heavy atom. The number of aromatic hydroxyl groups is 2. The maximum absolute atomic E-state index is 11.5. The van der Waals surface area contributed by atoms with Crippen LogP contribution in [0.4, 0.5) is 0 Å². The molecule has 0 aromatic heterocycles. The van der Waals surface area contributed by atoms with Gasteiger partial charge in [0.15, 0.2) is 24.1 Å². The lowest BCUT2D eigenvalue weighted by Gasteiger charge is -2.13. The van der Waals surface area contributed by atoms with Crippen LogP contribution in [0, 0.1) is 0 Å². The van der Waals surface area contributed by atoms with E-state index in [1.807, 2.05) is 0 Å². The summed E-state index contributed by atoms with van der Waals surface area (Å²) in [4.78, 5) is 33.9. The highest BCUT2D eigenvalue weighted by atomic mass is 16.3. The van der Waals surface area contributed by atoms with Gasteiger partial charge in [-0.2, -0.15) is 0 Å². The molecule has 0 aliphatic heterocycles. The second-order valence-electron chi connectivity index (χ2n) is 4.92. The fourth-order valence-electron chi connectivity index (χ4n) is 2.31. The van der Waals surface area contributed by atoms with E-state index in [1.165, 1.54) is 25.1 Å². The molecule has 2 aromatic carbocycles. The zero-order chi connectivity index (χ0) is 17.0. The average Bonchev–Trinajstić information content (AvgIpc) is 2.54. The van der Waals surface area contributed by atoms with Crippen molar-refractivity contribution in [1.29, 1.82) is 0 Å². The van der Waals surface area contributed by atoms with Crippen LogP contribution in [0.2, 0.25) is 0 Å². The predicted octanol–water partition coefficient (Wildman–Crippen LogP) is 2.03. The highest BCUT2D eigenvalue weighted by Crippen LogP contribution is 2.38. The van der Waals surface area contributed by atoms with Crippen LogP contribution < -0.4 is 5.32 Å². The Morgan fingerprint density at radius 3 is 2.35 bits per heavy atom. The number of rotatable bonds is 5.